The van der Waals surface area contributed by atoms with Crippen molar-refractivity contribution in [2.24, 2.45) is 4.99 Å². The van der Waals surface area contributed by atoms with Crippen molar-refractivity contribution in [3.63, 3.8) is 0 Å². The van der Waals surface area contributed by atoms with Gasteiger partial charge in [-0.05, 0) is 18.9 Å². The van der Waals surface area contributed by atoms with E-state index in [0.717, 1.165) is 5.56 Å². The zero-order valence-electron chi connectivity index (χ0n) is 10.7. The number of rotatable bonds is 5. The average molecular weight is 271 g/mol. The van der Waals surface area contributed by atoms with Crippen molar-refractivity contribution in [1.29, 1.82) is 0 Å². The molecule has 0 aliphatic carbocycles. The molecule has 0 atom stereocenters. The lowest BCUT2D eigenvalue weighted by molar-refractivity contribution is -0.0773. The molecule has 0 aliphatic heterocycles. The van der Waals surface area contributed by atoms with Gasteiger partial charge in [-0.1, -0.05) is 42.5 Å². The summed E-state index contributed by atoms with van der Waals surface area (Å²) in [6.07, 6.45) is -0.970. The summed E-state index contributed by atoms with van der Waals surface area (Å²) < 4.78 is 42.4. The van der Waals surface area contributed by atoms with Crippen LogP contribution in [0.1, 0.15) is 12.5 Å². The zero-order chi connectivity index (χ0) is 14.1. The van der Waals surface area contributed by atoms with Gasteiger partial charge in [0.1, 0.15) is 6.61 Å². The monoisotopic (exact) mass is 271 g/mol. The number of hydrogen-bond donors (Lipinski definition) is 0. The van der Waals surface area contributed by atoms with E-state index in [4.69, 9.17) is 0 Å². The van der Waals surface area contributed by atoms with Gasteiger partial charge in [0.05, 0.1) is 0 Å². The van der Waals surface area contributed by atoms with Crippen LogP contribution >= 0.6 is 0 Å². The molecule has 1 rings (SSSR count). The summed E-state index contributed by atoms with van der Waals surface area (Å²) in [5.41, 5.74) is 0.946. The Bertz CT molecular complexity index is 424. The van der Waals surface area contributed by atoms with Crippen molar-refractivity contribution in [3.05, 3.63) is 48.0 Å². The second-order valence-corrected chi connectivity index (χ2v) is 3.80. The summed E-state index contributed by atoms with van der Waals surface area (Å²) >= 11 is 0. The Morgan fingerprint density at radius 2 is 1.95 bits per heavy atom. The first-order valence-corrected chi connectivity index (χ1v) is 5.93. The Hall–Kier alpha value is -1.78. The fourth-order valence-corrected chi connectivity index (χ4v) is 1.37. The highest BCUT2D eigenvalue weighted by atomic mass is 19.4. The van der Waals surface area contributed by atoms with E-state index in [2.05, 4.69) is 9.73 Å². The maximum Gasteiger partial charge on any atom is 0.468 e. The molecule has 0 unspecified atom stereocenters. The fraction of sp³-hybridized carbons (Fsp3) is 0.357. The minimum atomic E-state index is -4.54. The van der Waals surface area contributed by atoms with Crippen molar-refractivity contribution in [1.82, 2.24) is 0 Å². The van der Waals surface area contributed by atoms with Gasteiger partial charge in [-0.3, -0.25) is 0 Å². The Kier molecular flexibility index (Phi) is 6.12. The summed E-state index contributed by atoms with van der Waals surface area (Å²) in [5, 5.41) is 0. The summed E-state index contributed by atoms with van der Waals surface area (Å²) in [4.78, 5) is 3.50. The molecule has 0 aromatic heterocycles. The van der Waals surface area contributed by atoms with Crippen LogP contribution in [0.4, 0.5) is 13.2 Å². The predicted octanol–water partition coefficient (Wildman–Crippen LogP) is 3.78. The van der Waals surface area contributed by atoms with Gasteiger partial charge in [0.2, 0.25) is 0 Å². The molecule has 5 heteroatoms. The summed E-state index contributed by atoms with van der Waals surface area (Å²) in [7, 11) is 0. The zero-order valence-corrected chi connectivity index (χ0v) is 10.7. The third-order valence-electron chi connectivity index (χ3n) is 2.29. The number of ether oxygens (including phenoxy) is 1. The smallest absolute Gasteiger partial charge is 0.468 e. The first kappa shape index (κ1) is 15.3. The molecule has 0 radical (unpaired) electrons. The van der Waals surface area contributed by atoms with Crippen LogP contribution in [0.5, 0.6) is 0 Å². The van der Waals surface area contributed by atoms with Gasteiger partial charge >= 0.3 is 6.18 Å². The fourth-order valence-electron chi connectivity index (χ4n) is 1.37. The third kappa shape index (κ3) is 6.08. The van der Waals surface area contributed by atoms with E-state index in [1.807, 2.05) is 30.3 Å². The molecule has 0 amide bonds. The second-order valence-electron chi connectivity index (χ2n) is 3.80. The first-order chi connectivity index (χ1) is 9.04. The van der Waals surface area contributed by atoms with Crippen molar-refractivity contribution >= 4 is 5.90 Å². The predicted molar refractivity (Wildman–Crippen MR) is 69.3 cm³/mol. The summed E-state index contributed by atoms with van der Waals surface area (Å²) in [6, 6.07) is 9.24. The highest BCUT2D eigenvalue weighted by Gasteiger charge is 2.37. The summed E-state index contributed by atoms with van der Waals surface area (Å²) in [5.74, 6) is -1.17. The van der Waals surface area contributed by atoms with Gasteiger partial charge < -0.3 is 4.74 Å². The molecule has 0 heterocycles. The van der Waals surface area contributed by atoms with E-state index in [9.17, 15) is 13.2 Å². The van der Waals surface area contributed by atoms with Crippen LogP contribution in [0.2, 0.25) is 0 Å². The standard InChI is InChI=1S/C14H16F3NO/c1-2-3-11-19-13(14(15,16)17)18-10-9-12-7-5-4-6-8-12/h2-8H,9-11H2,1H3/b3-2+,18-13?. The highest BCUT2D eigenvalue weighted by molar-refractivity contribution is 5.81. The largest absolute Gasteiger partial charge is 0.470 e. The molecular formula is C14H16F3NO. The average Bonchev–Trinajstić information content (AvgIpc) is 2.37. The van der Waals surface area contributed by atoms with Gasteiger partial charge in [0.25, 0.3) is 5.90 Å². The van der Waals surface area contributed by atoms with Crippen LogP contribution in [0.15, 0.2) is 47.5 Å². The first-order valence-electron chi connectivity index (χ1n) is 5.93. The maximum atomic E-state index is 12.6. The number of hydrogen-bond acceptors (Lipinski definition) is 2. The van der Waals surface area contributed by atoms with E-state index >= 15 is 0 Å². The lowest BCUT2D eigenvalue weighted by Crippen LogP contribution is -2.26. The Balaban J connectivity index is 2.57. The number of halogens is 3. The maximum absolute atomic E-state index is 12.6. The SMILES string of the molecule is C/C=C/COC(=NCCc1ccccc1)C(F)(F)F. The van der Waals surface area contributed by atoms with Gasteiger partial charge in [-0.15, -0.1) is 0 Å². The minimum absolute atomic E-state index is 0.0503. The Labute approximate surface area is 110 Å². The van der Waals surface area contributed by atoms with E-state index in [-0.39, 0.29) is 13.2 Å². The van der Waals surface area contributed by atoms with Crippen molar-refractivity contribution in [2.45, 2.75) is 19.5 Å². The lowest BCUT2D eigenvalue weighted by Gasteiger charge is -2.10. The molecule has 0 aliphatic rings. The number of allylic oxidation sites excluding steroid dienone is 1. The molecule has 0 bridgehead atoms. The molecule has 104 valence electrons. The van der Waals surface area contributed by atoms with Crippen LogP contribution in [0.25, 0.3) is 0 Å². The van der Waals surface area contributed by atoms with Gasteiger partial charge in [0, 0.05) is 6.54 Å². The molecule has 0 spiro atoms. The van der Waals surface area contributed by atoms with Crippen LogP contribution in [0, 0.1) is 0 Å². The topological polar surface area (TPSA) is 21.6 Å². The van der Waals surface area contributed by atoms with Crippen LogP contribution < -0.4 is 0 Å². The number of benzene rings is 1. The van der Waals surface area contributed by atoms with Crippen LogP contribution in [-0.4, -0.2) is 25.2 Å². The minimum Gasteiger partial charge on any atom is -0.470 e. The molecule has 0 saturated carbocycles. The Morgan fingerprint density at radius 3 is 2.53 bits per heavy atom. The van der Waals surface area contributed by atoms with E-state index in [1.165, 1.54) is 6.08 Å². The number of aliphatic imine (C=N–C) groups is 1. The van der Waals surface area contributed by atoms with Crippen molar-refractivity contribution in [2.75, 3.05) is 13.2 Å². The van der Waals surface area contributed by atoms with Gasteiger partial charge in [0.15, 0.2) is 0 Å². The van der Waals surface area contributed by atoms with Crippen molar-refractivity contribution in [3.8, 4) is 0 Å². The molecule has 2 nitrogen and oxygen atoms in total. The van der Waals surface area contributed by atoms with E-state index in [1.54, 1.807) is 13.0 Å². The summed E-state index contributed by atoms with van der Waals surface area (Å²) in [6.45, 7) is 1.64. The molecule has 19 heavy (non-hydrogen) atoms. The molecule has 0 fully saturated rings. The second kappa shape index (κ2) is 7.61. The van der Waals surface area contributed by atoms with Crippen molar-refractivity contribution < 1.29 is 17.9 Å². The molecular weight excluding hydrogens is 255 g/mol. The van der Waals surface area contributed by atoms with Crippen LogP contribution in [-0.2, 0) is 11.2 Å². The Morgan fingerprint density at radius 1 is 1.26 bits per heavy atom. The number of alkyl halides is 3. The van der Waals surface area contributed by atoms with Gasteiger partial charge in [-0.25, -0.2) is 4.99 Å². The van der Waals surface area contributed by atoms with Crippen LogP contribution in [0.3, 0.4) is 0 Å². The lowest BCUT2D eigenvalue weighted by atomic mass is 10.2. The molecule has 0 saturated heterocycles. The molecule has 1 aromatic rings. The molecule has 1 aromatic carbocycles. The quantitative estimate of drug-likeness (QED) is 0.453. The third-order valence-corrected chi connectivity index (χ3v) is 2.29. The van der Waals surface area contributed by atoms with Gasteiger partial charge in [-0.2, -0.15) is 13.2 Å². The molecule has 0 N–H and O–H groups in total. The normalized spacial score (nSPS) is 12.9. The number of nitrogens with zero attached hydrogens (tertiary/aromatic N) is 1. The van der Waals surface area contributed by atoms with E-state index < -0.39 is 12.1 Å². The van der Waals surface area contributed by atoms with E-state index in [0.29, 0.717) is 6.42 Å². The highest BCUT2D eigenvalue weighted by Crippen LogP contribution is 2.18.